The zero-order chi connectivity index (χ0) is 20.1. The lowest BCUT2D eigenvalue weighted by Crippen LogP contribution is -2.21. The summed E-state index contributed by atoms with van der Waals surface area (Å²) >= 11 is 1.48. The fraction of sp³-hybridized carbons (Fsp3) is 0.200. The van der Waals surface area contributed by atoms with Crippen LogP contribution in [0.5, 0.6) is 0 Å². The number of carbonyl (C=O) groups excluding carboxylic acids is 2. The third-order valence-electron chi connectivity index (χ3n) is 3.98. The number of thiophene rings is 1. The average Bonchev–Trinajstić information content (AvgIpc) is 3.18. The summed E-state index contributed by atoms with van der Waals surface area (Å²) in [6.45, 7) is 0.423. The van der Waals surface area contributed by atoms with Gasteiger partial charge >= 0.3 is 0 Å². The van der Waals surface area contributed by atoms with Gasteiger partial charge in [0.15, 0.2) is 0 Å². The van der Waals surface area contributed by atoms with Gasteiger partial charge in [-0.1, -0.05) is 24.0 Å². The van der Waals surface area contributed by atoms with E-state index in [2.05, 4.69) is 21.8 Å². The van der Waals surface area contributed by atoms with Crippen LogP contribution in [0.2, 0.25) is 0 Å². The molecular weight excluding hydrogens is 376 g/mol. The molecule has 0 saturated carbocycles. The second-order valence-corrected chi connectivity index (χ2v) is 7.05. The zero-order valence-corrected chi connectivity index (χ0v) is 15.9. The van der Waals surface area contributed by atoms with E-state index in [0.29, 0.717) is 36.1 Å². The minimum atomic E-state index is -0.837. The molecule has 2 aromatic heterocycles. The van der Waals surface area contributed by atoms with Gasteiger partial charge in [0.05, 0.1) is 15.9 Å². The predicted octanol–water partition coefficient (Wildman–Crippen LogP) is 1.65. The van der Waals surface area contributed by atoms with Crippen LogP contribution >= 0.6 is 11.3 Å². The van der Waals surface area contributed by atoms with Crippen molar-refractivity contribution >= 4 is 33.9 Å². The highest BCUT2D eigenvalue weighted by Gasteiger charge is 2.14. The predicted molar refractivity (Wildman–Crippen MR) is 108 cm³/mol. The third kappa shape index (κ3) is 4.52. The van der Waals surface area contributed by atoms with E-state index in [1.807, 2.05) is 35.7 Å². The van der Waals surface area contributed by atoms with Gasteiger partial charge in [0.2, 0.25) is 12.2 Å². The summed E-state index contributed by atoms with van der Waals surface area (Å²) in [5.74, 6) is 4.99. The molecule has 0 unspecified atom stereocenters. The molecule has 0 radical (unpaired) electrons. The molecular formula is C20H18N4O3S. The third-order valence-corrected chi connectivity index (χ3v) is 4.89. The molecule has 142 valence electrons. The maximum absolute atomic E-state index is 11.6. The van der Waals surface area contributed by atoms with Crippen molar-refractivity contribution in [3.63, 3.8) is 0 Å². The van der Waals surface area contributed by atoms with Gasteiger partial charge in [-0.15, -0.1) is 11.3 Å². The number of amides is 2. The molecule has 0 bridgehead atoms. The van der Waals surface area contributed by atoms with Crippen molar-refractivity contribution in [1.29, 1.82) is 0 Å². The first kappa shape index (κ1) is 19.5. The van der Waals surface area contributed by atoms with E-state index in [4.69, 9.17) is 5.73 Å². The molecule has 3 aromatic rings. The van der Waals surface area contributed by atoms with Gasteiger partial charge in [-0.2, -0.15) is 0 Å². The Morgan fingerprint density at radius 2 is 2.21 bits per heavy atom. The van der Waals surface area contributed by atoms with E-state index in [1.165, 1.54) is 16.2 Å². The first-order valence-corrected chi connectivity index (χ1v) is 9.36. The molecule has 0 saturated heterocycles. The molecule has 3 rings (SSSR count). The average molecular weight is 394 g/mol. The van der Waals surface area contributed by atoms with E-state index in [1.54, 1.807) is 7.05 Å². The van der Waals surface area contributed by atoms with E-state index >= 15 is 0 Å². The number of benzene rings is 1. The van der Waals surface area contributed by atoms with Crippen LogP contribution < -0.4 is 5.73 Å². The van der Waals surface area contributed by atoms with Crippen LogP contribution in [0.25, 0.3) is 21.5 Å². The first-order chi connectivity index (χ1) is 13.5. The number of rotatable bonds is 6. The molecule has 0 aliphatic heterocycles. The number of aliphatic hydroxyl groups excluding tert-OH is 1. The van der Waals surface area contributed by atoms with Gasteiger partial charge in [0.25, 0.3) is 5.91 Å². The molecule has 7 nitrogen and oxygen atoms in total. The van der Waals surface area contributed by atoms with E-state index in [0.717, 1.165) is 10.3 Å². The highest BCUT2D eigenvalue weighted by atomic mass is 32.1. The highest BCUT2D eigenvalue weighted by molar-refractivity contribution is 7.17. The normalized spacial score (nSPS) is 11.5. The Kier molecular flexibility index (Phi) is 5.99. The fourth-order valence-electron chi connectivity index (χ4n) is 2.53. The Morgan fingerprint density at radius 1 is 1.39 bits per heavy atom. The van der Waals surface area contributed by atoms with Crippen molar-refractivity contribution in [3.05, 3.63) is 47.1 Å². The number of primary amides is 1. The Balaban J connectivity index is 1.90. The van der Waals surface area contributed by atoms with Crippen LogP contribution in [0.4, 0.5) is 0 Å². The smallest absolute Gasteiger partial charge is 0.286 e. The van der Waals surface area contributed by atoms with E-state index in [9.17, 15) is 14.7 Å². The van der Waals surface area contributed by atoms with Crippen LogP contribution in [0, 0.1) is 11.8 Å². The maximum Gasteiger partial charge on any atom is 0.286 e. The van der Waals surface area contributed by atoms with E-state index < -0.39 is 12.0 Å². The maximum atomic E-state index is 11.6. The molecule has 1 atom stereocenters. The largest absolute Gasteiger partial charge is 0.380 e. The van der Waals surface area contributed by atoms with Crippen molar-refractivity contribution in [2.45, 2.75) is 12.5 Å². The number of fused-ring (bicyclic) bond motifs is 1. The number of hydrogen-bond donors (Lipinski definition) is 2. The Morgan fingerprint density at radius 3 is 2.96 bits per heavy atom. The van der Waals surface area contributed by atoms with Crippen molar-refractivity contribution in [2.75, 3.05) is 13.6 Å². The number of carbonyl (C=O) groups is 2. The molecule has 0 aliphatic rings. The zero-order valence-electron chi connectivity index (χ0n) is 15.1. The molecule has 8 heteroatoms. The lowest BCUT2D eigenvalue weighted by Gasteiger charge is -2.10. The molecule has 0 spiro atoms. The topological polar surface area (TPSA) is 109 Å². The van der Waals surface area contributed by atoms with Crippen LogP contribution in [-0.4, -0.2) is 52.0 Å². The SMILES string of the molecule is CN(C=O)CC[C@@H](O)C#Cc1cccc(-c2nc(C(N)=O)nc3ccsc23)c1. The summed E-state index contributed by atoms with van der Waals surface area (Å²) in [6, 6.07) is 9.17. The van der Waals surface area contributed by atoms with Crippen LogP contribution in [0.15, 0.2) is 35.7 Å². The van der Waals surface area contributed by atoms with Gasteiger partial charge in [-0.25, -0.2) is 9.97 Å². The number of nitrogens with two attached hydrogens (primary N) is 1. The fourth-order valence-corrected chi connectivity index (χ4v) is 3.37. The number of aliphatic hydroxyl groups is 1. The Hall–Kier alpha value is -3.28. The number of hydrogen-bond acceptors (Lipinski definition) is 6. The summed E-state index contributed by atoms with van der Waals surface area (Å²) < 4.78 is 0.854. The standard InChI is InChI=1S/C20H18N4O3S/c1-24(12-25)9-7-15(26)6-5-13-3-2-4-14(11-13)17-18-16(8-10-28-18)22-20(23-17)19(21)27/h2-4,8,10-12,15,26H,7,9H2,1H3,(H2,21,27)/t15-/m0/s1. The molecule has 1 aromatic carbocycles. The summed E-state index contributed by atoms with van der Waals surface area (Å²) in [5.41, 5.74) is 8.11. The second kappa shape index (κ2) is 8.61. The molecule has 2 heterocycles. The molecule has 28 heavy (non-hydrogen) atoms. The molecule has 0 aliphatic carbocycles. The molecule has 0 fully saturated rings. The van der Waals surface area contributed by atoms with Gasteiger partial charge in [0, 0.05) is 31.1 Å². The van der Waals surface area contributed by atoms with Gasteiger partial charge in [-0.3, -0.25) is 9.59 Å². The van der Waals surface area contributed by atoms with Crippen molar-refractivity contribution in [2.24, 2.45) is 5.73 Å². The first-order valence-electron chi connectivity index (χ1n) is 8.48. The van der Waals surface area contributed by atoms with Crippen molar-refractivity contribution in [1.82, 2.24) is 14.9 Å². The van der Waals surface area contributed by atoms with Crippen LogP contribution in [-0.2, 0) is 4.79 Å². The lowest BCUT2D eigenvalue weighted by atomic mass is 10.1. The van der Waals surface area contributed by atoms with Crippen LogP contribution in [0.3, 0.4) is 0 Å². The van der Waals surface area contributed by atoms with Crippen molar-refractivity contribution < 1.29 is 14.7 Å². The summed E-state index contributed by atoms with van der Waals surface area (Å²) in [4.78, 5) is 32.1. The van der Waals surface area contributed by atoms with Gasteiger partial charge in [-0.05, 0) is 23.6 Å². The number of nitrogens with zero attached hydrogens (tertiary/aromatic N) is 3. The molecule has 2 amide bonds. The van der Waals surface area contributed by atoms with Gasteiger partial charge < -0.3 is 15.7 Å². The quantitative estimate of drug-likeness (QED) is 0.488. The summed E-state index contributed by atoms with van der Waals surface area (Å²) in [7, 11) is 1.64. The summed E-state index contributed by atoms with van der Waals surface area (Å²) in [6.07, 6.45) is 0.235. The monoisotopic (exact) mass is 394 g/mol. The highest BCUT2D eigenvalue weighted by Crippen LogP contribution is 2.30. The van der Waals surface area contributed by atoms with E-state index in [-0.39, 0.29) is 5.82 Å². The Labute approximate surface area is 165 Å². The van der Waals surface area contributed by atoms with Crippen molar-refractivity contribution in [3.8, 4) is 23.1 Å². The number of aromatic nitrogens is 2. The Bertz CT molecular complexity index is 1080. The van der Waals surface area contributed by atoms with Crippen LogP contribution in [0.1, 0.15) is 22.6 Å². The lowest BCUT2D eigenvalue weighted by molar-refractivity contribution is -0.117. The minimum Gasteiger partial charge on any atom is -0.380 e. The second-order valence-electron chi connectivity index (χ2n) is 6.14. The van der Waals surface area contributed by atoms with Gasteiger partial charge in [0.1, 0.15) is 6.10 Å². The molecule has 3 N–H and O–H groups in total. The minimum absolute atomic E-state index is 0.0351. The summed E-state index contributed by atoms with van der Waals surface area (Å²) in [5, 5.41) is 11.8.